The first-order valence-corrected chi connectivity index (χ1v) is 10.2. The first kappa shape index (κ1) is 23.1. The van der Waals surface area contributed by atoms with Crippen molar-refractivity contribution in [3.63, 3.8) is 0 Å². The molecule has 0 radical (unpaired) electrons. The largest absolute Gasteiger partial charge is 0.416 e. The van der Waals surface area contributed by atoms with E-state index in [1.165, 1.54) is 11.9 Å². The maximum atomic E-state index is 12.8. The van der Waals surface area contributed by atoms with Gasteiger partial charge in [-0.15, -0.1) is 0 Å². The Hall–Kier alpha value is -2.18. The number of aliphatic hydroxyl groups excluding tert-OH is 1. The number of halogens is 3. The Morgan fingerprint density at radius 2 is 1.97 bits per heavy atom. The number of carbonyl (C=O) groups excluding carboxylic acids is 1. The minimum atomic E-state index is -4.63. The van der Waals surface area contributed by atoms with Gasteiger partial charge in [0.05, 0.1) is 22.8 Å². The smallest absolute Gasteiger partial charge is 0.395 e. The van der Waals surface area contributed by atoms with E-state index < -0.39 is 26.7 Å². The molecule has 1 amide bonds. The van der Waals surface area contributed by atoms with Gasteiger partial charge in [-0.05, 0) is 18.2 Å². The van der Waals surface area contributed by atoms with E-state index >= 15 is 0 Å². The highest BCUT2D eigenvalue weighted by atomic mass is 32.2. The van der Waals surface area contributed by atoms with Crippen LogP contribution >= 0.6 is 0 Å². The second-order valence-corrected chi connectivity index (χ2v) is 8.34. The van der Waals surface area contributed by atoms with Gasteiger partial charge in [-0.1, -0.05) is 11.2 Å². The third-order valence-electron chi connectivity index (χ3n) is 4.34. The van der Waals surface area contributed by atoms with Crippen LogP contribution in [0.4, 0.5) is 13.2 Å². The first-order valence-electron chi connectivity index (χ1n) is 8.75. The number of aliphatic hydroxyl groups is 1. The number of nitrogens with zero attached hydrogens (tertiary/aromatic N) is 3. The van der Waals surface area contributed by atoms with Gasteiger partial charge < -0.3 is 14.8 Å². The number of hydrogen-bond donors (Lipinski definition) is 1. The van der Waals surface area contributed by atoms with E-state index in [-0.39, 0.29) is 51.6 Å². The summed E-state index contributed by atoms with van der Waals surface area (Å²) in [6.07, 6.45) is -4.16. The highest BCUT2D eigenvalue weighted by Crippen LogP contribution is 2.31. The number of oxime groups is 1. The normalized spacial score (nSPS) is 15.8. The minimum Gasteiger partial charge on any atom is -0.395 e. The van der Waals surface area contributed by atoms with E-state index in [1.807, 2.05) is 0 Å². The predicted molar refractivity (Wildman–Crippen MR) is 97.5 cm³/mol. The molecule has 0 aromatic heterocycles. The van der Waals surface area contributed by atoms with Crippen molar-refractivity contribution in [1.82, 2.24) is 9.21 Å². The maximum Gasteiger partial charge on any atom is 0.416 e. The van der Waals surface area contributed by atoms with Crippen LogP contribution in [-0.2, 0) is 25.8 Å². The van der Waals surface area contributed by atoms with Crippen LogP contribution in [0.5, 0.6) is 0 Å². The van der Waals surface area contributed by atoms with Gasteiger partial charge >= 0.3 is 6.18 Å². The summed E-state index contributed by atoms with van der Waals surface area (Å²) in [4.78, 5) is 17.5. The lowest BCUT2D eigenvalue weighted by Gasteiger charge is -2.27. The Balaban J connectivity index is 1.95. The standard InChI is InChI=1S/C17H22F3N3O5S/c1-22(9-10-24)16(25)12-28-21-14-5-7-23(8-6-14)29(26,27)15-4-2-3-13(11-15)17(18,19)20/h2-4,11,24H,5-10,12H2,1H3. The molecular weight excluding hydrogens is 415 g/mol. The summed E-state index contributed by atoms with van der Waals surface area (Å²) in [5, 5.41) is 12.6. The highest BCUT2D eigenvalue weighted by Gasteiger charge is 2.33. The molecule has 1 aromatic rings. The molecule has 0 aliphatic carbocycles. The molecule has 1 fully saturated rings. The van der Waals surface area contributed by atoms with Crippen molar-refractivity contribution in [1.29, 1.82) is 0 Å². The average Bonchev–Trinajstić information content (AvgIpc) is 2.68. The Morgan fingerprint density at radius 1 is 1.31 bits per heavy atom. The number of alkyl halides is 3. The van der Waals surface area contributed by atoms with E-state index in [2.05, 4.69) is 5.16 Å². The van der Waals surface area contributed by atoms with Gasteiger partial charge in [0.15, 0.2) is 6.61 Å². The van der Waals surface area contributed by atoms with Crippen molar-refractivity contribution in [2.45, 2.75) is 23.9 Å². The number of hydrogen-bond acceptors (Lipinski definition) is 6. The third-order valence-corrected chi connectivity index (χ3v) is 6.24. The Kier molecular flexibility index (Phi) is 7.60. The number of rotatable bonds is 7. The van der Waals surface area contributed by atoms with Gasteiger partial charge in [0.2, 0.25) is 10.0 Å². The van der Waals surface area contributed by atoms with E-state index in [0.29, 0.717) is 11.8 Å². The molecule has 1 heterocycles. The molecule has 1 aromatic carbocycles. The second kappa shape index (κ2) is 9.55. The first-order chi connectivity index (χ1) is 13.6. The summed E-state index contributed by atoms with van der Waals surface area (Å²) < 4.78 is 64.9. The molecule has 2 rings (SSSR count). The number of piperidine rings is 1. The van der Waals surface area contributed by atoms with Crippen molar-refractivity contribution < 1.29 is 36.3 Å². The third kappa shape index (κ3) is 6.15. The number of carbonyl (C=O) groups is 1. The summed E-state index contributed by atoms with van der Waals surface area (Å²) in [5.41, 5.74) is -0.472. The second-order valence-electron chi connectivity index (χ2n) is 6.40. The molecule has 0 spiro atoms. The quantitative estimate of drug-likeness (QED) is 0.649. The fourth-order valence-electron chi connectivity index (χ4n) is 2.62. The Bertz CT molecular complexity index is 848. The number of likely N-dealkylation sites (N-methyl/N-ethyl adjacent to an activating group) is 1. The monoisotopic (exact) mass is 437 g/mol. The van der Waals surface area contributed by atoms with Crippen LogP contribution in [0.1, 0.15) is 18.4 Å². The fraction of sp³-hybridized carbons (Fsp3) is 0.529. The topological polar surface area (TPSA) is 99.5 Å². The molecule has 1 aliphatic rings. The zero-order valence-electron chi connectivity index (χ0n) is 15.7. The van der Waals surface area contributed by atoms with Crippen LogP contribution in [0, 0.1) is 0 Å². The van der Waals surface area contributed by atoms with Crippen LogP contribution in [0.15, 0.2) is 34.3 Å². The predicted octanol–water partition coefficient (Wildman–Crippen LogP) is 1.31. The summed E-state index contributed by atoms with van der Waals surface area (Å²) in [6, 6.07) is 3.63. The van der Waals surface area contributed by atoms with Gasteiger partial charge in [-0.2, -0.15) is 17.5 Å². The van der Waals surface area contributed by atoms with Crippen molar-refractivity contribution >= 4 is 21.6 Å². The lowest BCUT2D eigenvalue weighted by molar-refractivity contribution is -0.137. The summed E-state index contributed by atoms with van der Waals surface area (Å²) in [5.74, 6) is -0.368. The average molecular weight is 437 g/mol. The molecule has 0 bridgehead atoms. The fourth-order valence-corrected chi connectivity index (χ4v) is 4.11. The zero-order chi connectivity index (χ0) is 21.7. The van der Waals surface area contributed by atoms with Crippen LogP contribution in [0.3, 0.4) is 0 Å². The number of sulfonamides is 1. The molecule has 12 heteroatoms. The molecular formula is C17H22F3N3O5S. The number of amides is 1. The molecule has 1 aliphatic heterocycles. The summed E-state index contributed by atoms with van der Waals surface area (Å²) in [7, 11) is -2.56. The number of benzene rings is 1. The molecule has 1 saturated heterocycles. The lowest BCUT2D eigenvalue weighted by Crippen LogP contribution is -2.38. The highest BCUT2D eigenvalue weighted by molar-refractivity contribution is 7.89. The molecule has 29 heavy (non-hydrogen) atoms. The molecule has 162 valence electrons. The van der Waals surface area contributed by atoms with Crippen LogP contribution in [0.25, 0.3) is 0 Å². The lowest BCUT2D eigenvalue weighted by atomic mass is 10.1. The zero-order valence-corrected chi connectivity index (χ0v) is 16.5. The summed E-state index contributed by atoms with van der Waals surface area (Å²) in [6.45, 7) is -0.238. The Labute approximate surface area is 166 Å². The van der Waals surface area contributed by atoms with Crippen molar-refractivity contribution in [3.05, 3.63) is 29.8 Å². The van der Waals surface area contributed by atoms with Crippen molar-refractivity contribution in [3.8, 4) is 0 Å². The van der Waals surface area contributed by atoms with Crippen molar-refractivity contribution in [2.75, 3.05) is 39.9 Å². The van der Waals surface area contributed by atoms with E-state index in [0.717, 1.165) is 22.5 Å². The molecule has 8 nitrogen and oxygen atoms in total. The van der Waals surface area contributed by atoms with Crippen LogP contribution in [-0.4, -0.2) is 74.2 Å². The SMILES string of the molecule is CN(CCO)C(=O)CON=C1CCN(S(=O)(=O)c2cccc(C(F)(F)F)c2)CC1. The van der Waals surface area contributed by atoms with Gasteiger partial charge in [-0.3, -0.25) is 4.79 Å². The van der Waals surface area contributed by atoms with Crippen molar-refractivity contribution in [2.24, 2.45) is 5.16 Å². The maximum absolute atomic E-state index is 12.8. The molecule has 0 atom stereocenters. The van der Waals surface area contributed by atoms with Gasteiger partial charge in [0, 0.05) is 39.5 Å². The molecule has 1 N–H and O–H groups in total. The van der Waals surface area contributed by atoms with E-state index in [1.54, 1.807) is 0 Å². The van der Waals surface area contributed by atoms with Crippen LogP contribution < -0.4 is 0 Å². The molecule has 0 unspecified atom stereocenters. The Morgan fingerprint density at radius 3 is 2.55 bits per heavy atom. The molecule has 0 saturated carbocycles. The van der Waals surface area contributed by atoms with Gasteiger partial charge in [-0.25, -0.2) is 8.42 Å². The summed E-state index contributed by atoms with van der Waals surface area (Å²) >= 11 is 0. The van der Waals surface area contributed by atoms with E-state index in [9.17, 15) is 26.4 Å². The van der Waals surface area contributed by atoms with E-state index in [4.69, 9.17) is 9.94 Å². The van der Waals surface area contributed by atoms with Gasteiger partial charge in [0.1, 0.15) is 0 Å². The minimum absolute atomic E-state index is 0.0408. The van der Waals surface area contributed by atoms with Crippen LogP contribution in [0.2, 0.25) is 0 Å². The van der Waals surface area contributed by atoms with Gasteiger partial charge in [0.25, 0.3) is 5.91 Å².